The minimum absolute atomic E-state index is 0.438. The van der Waals surface area contributed by atoms with Gasteiger partial charge in [0.1, 0.15) is 5.75 Å². The zero-order valence-electron chi connectivity index (χ0n) is 11.2. The van der Waals surface area contributed by atoms with Crippen LogP contribution in [0.4, 0.5) is 0 Å². The predicted octanol–water partition coefficient (Wildman–Crippen LogP) is 4.47. The lowest BCUT2D eigenvalue weighted by Gasteiger charge is -2.13. The zero-order chi connectivity index (χ0) is 12.7. The Morgan fingerprint density at radius 1 is 1.00 bits per heavy atom. The van der Waals surface area contributed by atoms with E-state index in [1.807, 2.05) is 0 Å². The number of ether oxygens (including phenoxy) is 1. The van der Waals surface area contributed by atoms with Crippen LogP contribution in [0.25, 0.3) is 11.1 Å². The van der Waals surface area contributed by atoms with Gasteiger partial charge in [-0.1, -0.05) is 43.3 Å². The molecule has 1 heterocycles. The third-order valence-corrected chi connectivity index (χ3v) is 3.94. The lowest BCUT2D eigenvalue weighted by molar-refractivity contribution is 0.298. The van der Waals surface area contributed by atoms with Crippen molar-refractivity contribution in [2.75, 3.05) is 6.61 Å². The summed E-state index contributed by atoms with van der Waals surface area (Å²) in [6.45, 7) is 7.27. The summed E-state index contributed by atoms with van der Waals surface area (Å²) in [6, 6.07) is 13.0. The van der Waals surface area contributed by atoms with Gasteiger partial charge in [0, 0.05) is 11.5 Å². The van der Waals surface area contributed by atoms with Gasteiger partial charge in [-0.15, -0.1) is 0 Å². The van der Waals surface area contributed by atoms with Crippen molar-refractivity contribution < 1.29 is 4.74 Å². The van der Waals surface area contributed by atoms with Crippen molar-refractivity contribution in [3.05, 3.63) is 53.1 Å². The van der Waals surface area contributed by atoms with Crippen LogP contribution in [0, 0.1) is 13.8 Å². The highest BCUT2D eigenvalue weighted by molar-refractivity contribution is 5.76. The first-order chi connectivity index (χ1) is 8.68. The standard InChI is InChI=1S/C17H18O/c1-11-8-9-16-15-7-5-4-6-14(15)12(2)10-18-17(16)13(11)3/h4-9,12H,10H2,1-3H3. The molecule has 3 rings (SSSR count). The van der Waals surface area contributed by atoms with Crippen molar-refractivity contribution in [2.45, 2.75) is 26.7 Å². The van der Waals surface area contributed by atoms with Crippen LogP contribution in [-0.4, -0.2) is 6.61 Å². The molecule has 2 aromatic carbocycles. The van der Waals surface area contributed by atoms with E-state index in [1.165, 1.54) is 27.8 Å². The lowest BCUT2D eigenvalue weighted by Crippen LogP contribution is -2.05. The third kappa shape index (κ3) is 1.62. The fourth-order valence-corrected chi connectivity index (χ4v) is 2.66. The SMILES string of the molecule is Cc1ccc2c(c1C)OCC(C)c1ccccc1-2. The second-order valence-electron chi connectivity index (χ2n) is 5.18. The molecular weight excluding hydrogens is 220 g/mol. The Kier molecular flexibility index (Phi) is 2.62. The first kappa shape index (κ1) is 11.3. The van der Waals surface area contributed by atoms with Crippen LogP contribution >= 0.6 is 0 Å². The van der Waals surface area contributed by atoms with Crippen LogP contribution in [0.3, 0.4) is 0 Å². The zero-order valence-corrected chi connectivity index (χ0v) is 11.2. The van der Waals surface area contributed by atoms with Crippen LogP contribution in [-0.2, 0) is 0 Å². The molecule has 0 radical (unpaired) electrons. The van der Waals surface area contributed by atoms with E-state index < -0.39 is 0 Å². The Labute approximate surface area is 108 Å². The summed E-state index contributed by atoms with van der Waals surface area (Å²) in [5.41, 5.74) is 6.50. The summed E-state index contributed by atoms with van der Waals surface area (Å²) in [5, 5.41) is 0. The van der Waals surface area contributed by atoms with E-state index in [9.17, 15) is 0 Å². The quantitative estimate of drug-likeness (QED) is 0.658. The van der Waals surface area contributed by atoms with Crippen LogP contribution in [0.15, 0.2) is 36.4 Å². The Bertz CT molecular complexity index is 599. The molecule has 0 bridgehead atoms. The van der Waals surface area contributed by atoms with E-state index >= 15 is 0 Å². The maximum absolute atomic E-state index is 6.05. The molecule has 2 aromatic rings. The Morgan fingerprint density at radius 3 is 2.61 bits per heavy atom. The van der Waals surface area contributed by atoms with Crippen molar-refractivity contribution in [1.29, 1.82) is 0 Å². The van der Waals surface area contributed by atoms with Crippen LogP contribution in [0.1, 0.15) is 29.5 Å². The number of fused-ring (bicyclic) bond motifs is 3. The van der Waals surface area contributed by atoms with Gasteiger partial charge < -0.3 is 4.74 Å². The average molecular weight is 238 g/mol. The molecule has 18 heavy (non-hydrogen) atoms. The largest absolute Gasteiger partial charge is 0.492 e. The molecule has 0 aromatic heterocycles. The van der Waals surface area contributed by atoms with Gasteiger partial charge in [0.05, 0.1) is 6.61 Å². The summed E-state index contributed by atoms with van der Waals surface area (Å²) in [5.74, 6) is 1.50. The van der Waals surface area contributed by atoms with Crippen molar-refractivity contribution >= 4 is 0 Å². The Hall–Kier alpha value is -1.76. The van der Waals surface area contributed by atoms with E-state index in [0.29, 0.717) is 5.92 Å². The maximum Gasteiger partial charge on any atom is 0.130 e. The Balaban J connectivity index is 2.31. The molecule has 1 unspecified atom stereocenters. The maximum atomic E-state index is 6.05. The van der Waals surface area contributed by atoms with Crippen molar-refractivity contribution in [1.82, 2.24) is 0 Å². The van der Waals surface area contributed by atoms with Crippen molar-refractivity contribution in [3.63, 3.8) is 0 Å². The van der Waals surface area contributed by atoms with Gasteiger partial charge in [-0.3, -0.25) is 0 Å². The fraction of sp³-hybridized carbons (Fsp3) is 0.294. The third-order valence-electron chi connectivity index (χ3n) is 3.94. The summed E-state index contributed by atoms with van der Waals surface area (Å²) < 4.78 is 6.05. The lowest BCUT2D eigenvalue weighted by atomic mass is 9.91. The first-order valence-electron chi connectivity index (χ1n) is 6.51. The van der Waals surface area contributed by atoms with Gasteiger partial charge in [0.25, 0.3) is 0 Å². The minimum Gasteiger partial charge on any atom is -0.492 e. The number of benzene rings is 2. The van der Waals surface area contributed by atoms with Crippen LogP contribution in [0.5, 0.6) is 5.75 Å². The first-order valence-corrected chi connectivity index (χ1v) is 6.51. The molecule has 0 N–H and O–H groups in total. The average Bonchev–Trinajstić information content (AvgIpc) is 2.53. The van der Waals surface area contributed by atoms with E-state index in [4.69, 9.17) is 4.74 Å². The predicted molar refractivity (Wildman–Crippen MR) is 75.3 cm³/mol. The van der Waals surface area contributed by atoms with Crippen molar-refractivity contribution in [3.8, 4) is 16.9 Å². The fourth-order valence-electron chi connectivity index (χ4n) is 2.66. The molecule has 0 amide bonds. The molecule has 92 valence electrons. The highest BCUT2D eigenvalue weighted by atomic mass is 16.5. The monoisotopic (exact) mass is 238 g/mol. The summed E-state index contributed by atoms with van der Waals surface area (Å²) in [7, 11) is 0. The summed E-state index contributed by atoms with van der Waals surface area (Å²) in [6.07, 6.45) is 0. The van der Waals surface area contributed by atoms with Crippen LogP contribution < -0.4 is 4.74 Å². The van der Waals surface area contributed by atoms with Gasteiger partial charge in [-0.05, 0) is 36.1 Å². The normalized spacial score (nSPS) is 17.4. The van der Waals surface area contributed by atoms with Crippen LogP contribution in [0.2, 0.25) is 0 Å². The summed E-state index contributed by atoms with van der Waals surface area (Å²) >= 11 is 0. The second-order valence-corrected chi connectivity index (χ2v) is 5.18. The van der Waals surface area contributed by atoms with E-state index in [2.05, 4.69) is 57.2 Å². The van der Waals surface area contributed by atoms with Gasteiger partial charge in [0.2, 0.25) is 0 Å². The number of hydrogen-bond donors (Lipinski definition) is 0. The van der Waals surface area contributed by atoms with Crippen molar-refractivity contribution in [2.24, 2.45) is 0 Å². The number of rotatable bonds is 0. The van der Waals surface area contributed by atoms with E-state index in [1.54, 1.807) is 0 Å². The molecule has 0 aliphatic carbocycles. The van der Waals surface area contributed by atoms with Gasteiger partial charge >= 0.3 is 0 Å². The molecule has 0 saturated heterocycles. The highest BCUT2D eigenvalue weighted by Gasteiger charge is 2.21. The molecule has 1 aliphatic rings. The molecule has 0 fully saturated rings. The molecule has 1 nitrogen and oxygen atoms in total. The molecular formula is C17H18O. The molecule has 1 atom stereocenters. The molecule has 0 spiro atoms. The van der Waals surface area contributed by atoms with E-state index in [-0.39, 0.29) is 0 Å². The molecule has 0 saturated carbocycles. The van der Waals surface area contributed by atoms with E-state index in [0.717, 1.165) is 12.4 Å². The van der Waals surface area contributed by atoms with Gasteiger partial charge in [-0.25, -0.2) is 0 Å². The Morgan fingerprint density at radius 2 is 1.78 bits per heavy atom. The second kappa shape index (κ2) is 4.16. The smallest absolute Gasteiger partial charge is 0.130 e. The topological polar surface area (TPSA) is 9.23 Å². The minimum atomic E-state index is 0.438. The number of hydrogen-bond acceptors (Lipinski definition) is 1. The van der Waals surface area contributed by atoms with Gasteiger partial charge in [-0.2, -0.15) is 0 Å². The van der Waals surface area contributed by atoms with Gasteiger partial charge in [0.15, 0.2) is 0 Å². The molecule has 1 aliphatic heterocycles. The number of aryl methyl sites for hydroxylation is 1. The molecule has 1 heteroatoms. The highest BCUT2D eigenvalue weighted by Crippen LogP contribution is 2.41. The summed E-state index contributed by atoms with van der Waals surface area (Å²) in [4.78, 5) is 0.